The molecule has 138 valence electrons. The maximum atomic E-state index is 12.3. The second-order valence-corrected chi connectivity index (χ2v) is 6.05. The van der Waals surface area contributed by atoms with Crippen molar-refractivity contribution in [1.82, 2.24) is 10.6 Å². The Bertz CT molecular complexity index is 606. The van der Waals surface area contributed by atoms with Crippen molar-refractivity contribution in [3.63, 3.8) is 0 Å². The van der Waals surface area contributed by atoms with Crippen LogP contribution in [-0.4, -0.2) is 45.3 Å². The fourth-order valence-corrected chi connectivity index (χ4v) is 2.86. The molecule has 3 amide bonds. The van der Waals surface area contributed by atoms with Crippen LogP contribution in [-0.2, 0) is 4.79 Å². The Hall–Kier alpha value is -2.44. The molecule has 25 heavy (non-hydrogen) atoms. The molecule has 0 aromatic heterocycles. The van der Waals surface area contributed by atoms with E-state index in [4.69, 9.17) is 9.47 Å². The number of benzene rings is 1. The average Bonchev–Trinajstić information content (AvgIpc) is 2.98. The molecule has 1 aromatic carbocycles. The summed E-state index contributed by atoms with van der Waals surface area (Å²) in [5.41, 5.74) is 0.732. The lowest BCUT2D eigenvalue weighted by atomic mass is 10.2. The van der Waals surface area contributed by atoms with Crippen LogP contribution in [0.2, 0.25) is 0 Å². The zero-order chi connectivity index (χ0) is 18.2. The number of carbonyl (C=O) groups excluding carboxylic acids is 2. The maximum absolute atomic E-state index is 12.3. The molecule has 7 heteroatoms. The predicted molar refractivity (Wildman–Crippen MR) is 96.4 cm³/mol. The molecule has 1 aliphatic heterocycles. The van der Waals surface area contributed by atoms with Gasteiger partial charge in [-0.25, -0.2) is 4.79 Å². The first kappa shape index (κ1) is 18.9. The highest BCUT2D eigenvalue weighted by Crippen LogP contribution is 2.33. The molecule has 0 spiro atoms. The number of amides is 3. The van der Waals surface area contributed by atoms with Crippen LogP contribution in [0.3, 0.4) is 0 Å². The zero-order valence-electron chi connectivity index (χ0n) is 15.1. The summed E-state index contributed by atoms with van der Waals surface area (Å²) in [6, 6.07) is 4.92. The van der Waals surface area contributed by atoms with Crippen LogP contribution in [0.25, 0.3) is 0 Å². The van der Waals surface area contributed by atoms with Crippen LogP contribution in [0, 0.1) is 0 Å². The molecule has 0 radical (unpaired) electrons. The van der Waals surface area contributed by atoms with Gasteiger partial charge in [-0.3, -0.25) is 4.79 Å². The summed E-state index contributed by atoms with van der Waals surface area (Å²) in [5, 5.41) is 5.70. The van der Waals surface area contributed by atoms with Gasteiger partial charge in [-0.05, 0) is 18.6 Å². The number of urea groups is 1. The first-order valence-electron chi connectivity index (χ1n) is 8.65. The molecule has 1 atom stereocenters. The Labute approximate surface area is 148 Å². The Balaban J connectivity index is 1.92. The lowest BCUT2D eigenvalue weighted by Crippen LogP contribution is -2.43. The number of anilines is 1. The Morgan fingerprint density at radius 3 is 2.68 bits per heavy atom. The van der Waals surface area contributed by atoms with Gasteiger partial charge in [0.15, 0.2) is 11.5 Å². The second-order valence-electron chi connectivity index (χ2n) is 6.05. The van der Waals surface area contributed by atoms with Crippen molar-refractivity contribution in [2.24, 2.45) is 0 Å². The molecule has 0 unspecified atom stereocenters. The molecule has 1 saturated heterocycles. The number of ether oxygens (including phenoxy) is 2. The quantitative estimate of drug-likeness (QED) is 0.706. The van der Waals surface area contributed by atoms with Crippen molar-refractivity contribution >= 4 is 17.6 Å². The molecule has 1 heterocycles. The lowest BCUT2D eigenvalue weighted by Gasteiger charge is -2.19. The van der Waals surface area contributed by atoms with E-state index in [-0.39, 0.29) is 24.4 Å². The molecular weight excluding hydrogens is 322 g/mol. The largest absolute Gasteiger partial charge is 0.493 e. The molecular formula is C18H27N3O4. The number of methoxy groups -OCH3 is 2. The van der Waals surface area contributed by atoms with Crippen LogP contribution < -0.4 is 25.0 Å². The van der Waals surface area contributed by atoms with E-state index < -0.39 is 0 Å². The number of hydrogen-bond acceptors (Lipinski definition) is 4. The Morgan fingerprint density at radius 1 is 1.24 bits per heavy atom. The number of rotatable bonds is 8. The summed E-state index contributed by atoms with van der Waals surface area (Å²) < 4.78 is 10.5. The SMILES string of the molecule is CCCCCNC(=O)N[C@H]1CC(=O)N(c2ccc(OC)c(OC)c2)C1. The second kappa shape index (κ2) is 9.15. The summed E-state index contributed by atoms with van der Waals surface area (Å²) in [6.45, 7) is 3.21. The number of hydrogen-bond donors (Lipinski definition) is 2. The Morgan fingerprint density at radius 2 is 2.00 bits per heavy atom. The summed E-state index contributed by atoms with van der Waals surface area (Å²) in [7, 11) is 3.12. The minimum Gasteiger partial charge on any atom is -0.493 e. The van der Waals surface area contributed by atoms with E-state index in [1.807, 2.05) is 6.07 Å². The summed E-state index contributed by atoms with van der Waals surface area (Å²) in [6.07, 6.45) is 3.46. The topological polar surface area (TPSA) is 79.9 Å². The van der Waals surface area contributed by atoms with Crippen LogP contribution in [0.15, 0.2) is 18.2 Å². The van der Waals surface area contributed by atoms with E-state index in [1.54, 1.807) is 31.3 Å². The van der Waals surface area contributed by atoms with Crippen molar-refractivity contribution in [2.45, 2.75) is 38.6 Å². The van der Waals surface area contributed by atoms with Gasteiger partial charge in [0.25, 0.3) is 0 Å². The zero-order valence-corrected chi connectivity index (χ0v) is 15.1. The number of nitrogens with one attached hydrogen (secondary N) is 2. The molecule has 2 N–H and O–H groups in total. The number of nitrogens with zero attached hydrogens (tertiary/aromatic N) is 1. The van der Waals surface area contributed by atoms with E-state index >= 15 is 0 Å². The van der Waals surface area contributed by atoms with Gasteiger partial charge in [0.1, 0.15) is 0 Å². The van der Waals surface area contributed by atoms with Gasteiger partial charge < -0.3 is 25.0 Å². The summed E-state index contributed by atoms with van der Waals surface area (Å²) >= 11 is 0. The van der Waals surface area contributed by atoms with Crippen molar-refractivity contribution in [3.8, 4) is 11.5 Å². The van der Waals surface area contributed by atoms with Gasteiger partial charge >= 0.3 is 6.03 Å². The molecule has 0 aliphatic carbocycles. The van der Waals surface area contributed by atoms with E-state index in [0.717, 1.165) is 24.9 Å². The van der Waals surface area contributed by atoms with Crippen molar-refractivity contribution in [3.05, 3.63) is 18.2 Å². The molecule has 1 aliphatic rings. The van der Waals surface area contributed by atoms with Crippen molar-refractivity contribution < 1.29 is 19.1 Å². The monoisotopic (exact) mass is 349 g/mol. The van der Waals surface area contributed by atoms with Gasteiger partial charge in [0.2, 0.25) is 5.91 Å². The Kier molecular flexibility index (Phi) is 6.91. The van der Waals surface area contributed by atoms with Gasteiger partial charge in [0.05, 0.1) is 20.3 Å². The van der Waals surface area contributed by atoms with Crippen LogP contribution in [0.4, 0.5) is 10.5 Å². The van der Waals surface area contributed by atoms with E-state index in [9.17, 15) is 9.59 Å². The smallest absolute Gasteiger partial charge is 0.315 e. The van der Waals surface area contributed by atoms with E-state index in [2.05, 4.69) is 17.6 Å². The minimum atomic E-state index is -0.219. The standard InChI is InChI=1S/C18H27N3O4/c1-4-5-6-9-19-18(23)20-13-10-17(22)21(12-13)14-7-8-15(24-2)16(11-14)25-3/h7-8,11,13H,4-6,9-10,12H2,1-3H3,(H2,19,20,23)/t13-/m0/s1. The van der Waals surface area contributed by atoms with E-state index in [0.29, 0.717) is 24.6 Å². The minimum absolute atomic E-state index is 0.0245. The first-order chi connectivity index (χ1) is 12.1. The third kappa shape index (κ3) is 5.01. The molecule has 2 rings (SSSR count). The highest BCUT2D eigenvalue weighted by molar-refractivity contribution is 5.97. The third-order valence-electron chi connectivity index (χ3n) is 4.20. The molecule has 1 fully saturated rings. The molecule has 7 nitrogen and oxygen atoms in total. The number of carbonyl (C=O) groups is 2. The summed E-state index contributed by atoms with van der Waals surface area (Å²) in [5.74, 6) is 1.15. The summed E-state index contributed by atoms with van der Waals surface area (Å²) in [4.78, 5) is 25.9. The van der Waals surface area contributed by atoms with Crippen LogP contribution >= 0.6 is 0 Å². The first-order valence-corrected chi connectivity index (χ1v) is 8.65. The van der Waals surface area contributed by atoms with Crippen LogP contribution in [0.1, 0.15) is 32.6 Å². The highest BCUT2D eigenvalue weighted by atomic mass is 16.5. The molecule has 0 saturated carbocycles. The van der Waals surface area contributed by atoms with Gasteiger partial charge in [-0.15, -0.1) is 0 Å². The van der Waals surface area contributed by atoms with Gasteiger partial charge in [-0.2, -0.15) is 0 Å². The third-order valence-corrected chi connectivity index (χ3v) is 4.20. The fraction of sp³-hybridized carbons (Fsp3) is 0.556. The normalized spacial score (nSPS) is 16.7. The van der Waals surface area contributed by atoms with Crippen LogP contribution in [0.5, 0.6) is 11.5 Å². The highest BCUT2D eigenvalue weighted by Gasteiger charge is 2.32. The maximum Gasteiger partial charge on any atom is 0.315 e. The number of unbranched alkanes of at least 4 members (excludes halogenated alkanes) is 2. The fourth-order valence-electron chi connectivity index (χ4n) is 2.86. The van der Waals surface area contributed by atoms with Crippen molar-refractivity contribution in [1.29, 1.82) is 0 Å². The van der Waals surface area contributed by atoms with Gasteiger partial charge in [0, 0.05) is 31.3 Å². The molecule has 0 bridgehead atoms. The van der Waals surface area contributed by atoms with Crippen molar-refractivity contribution in [2.75, 3.05) is 32.2 Å². The predicted octanol–water partition coefficient (Wildman–Crippen LogP) is 2.30. The van der Waals surface area contributed by atoms with Gasteiger partial charge in [-0.1, -0.05) is 19.8 Å². The molecule has 1 aromatic rings. The average molecular weight is 349 g/mol. The van der Waals surface area contributed by atoms with E-state index in [1.165, 1.54) is 0 Å². The lowest BCUT2D eigenvalue weighted by molar-refractivity contribution is -0.117.